The number of aliphatic hydroxyl groups is 2. The number of likely N-dealkylation sites (tertiary alicyclic amines) is 1. The first kappa shape index (κ1) is 24.9. The van der Waals surface area contributed by atoms with Crippen molar-refractivity contribution in [1.29, 1.82) is 0 Å². The quantitative estimate of drug-likeness (QED) is 0.252. The van der Waals surface area contributed by atoms with Crippen molar-refractivity contribution < 1.29 is 39.3 Å². The van der Waals surface area contributed by atoms with E-state index in [0.29, 0.717) is 30.7 Å². The summed E-state index contributed by atoms with van der Waals surface area (Å²) in [5, 5.41) is 32.0. The largest absolute Gasteiger partial charge is 0.477 e. The molecule has 0 aromatic rings. The zero-order valence-corrected chi connectivity index (χ0v) is 17.6. The normalized spacial score (nSPS) is 23.3. The Kier molecular flexibility index (Phi) is 7.87. The Morgan fingerprint density at radius 3 is 2.32 bits per heavy atom. The Labute approximate surface area is 179 Å². The molecule has 1 unspecified atom stereocenters. The molecule has 0 spiro atoms. The number of hydrogen-bond donors (Lipinski definition) is 5. The average molecular weight is 442 g/mol. The van der Waals surface area contributed by atoms with Crippen molar-refractivity contribution in [2.45, 2.75) is 75.9 Å². The Bertz CT molecular complexity index is 747. The average Bonchev–Trinajstić information content (AvgIpc) is 3.37. The minimum absolute atomic E-state index is 0.238. The van der Waals surface area contributed by atoms with Crippen LogP contribution in [-0.4, -0.2) is 97.6 Å². The van der Waals surface area contributed by atoms with Crippen molar-refractivity contribution >= 4 is 29.5 Å². The number of nitrogens with two attached hydrogens (primary N) is 1. The first-order chi connectivity index (χ1) is 14.4. The molecule has 12 heteroatoms. The number of aliphatic carboxylic acids is 1. The molecule has 0 saturated carbocycles. The van der Waals surface area contributed by atoms with Gasteiger partial charge in [-0.15, -0.1) is 0 Å². The zero-order valence-electron chi connectivity index (χ0n) is 17.6. The molecule has 2 heterocycles. The van der Waals surface area contributed by atoms with Gasteiger partial charge < -0.3 is 31.3 Å². The SMILES string of the molecule is CC(=O)N1CCC[C@@H]1C(=O)C(CC(O)(O)C(=O)O)N(C(=O)[C@H](C)N)C(=O)[C@H]1CCCN1. The zero-order chi connectivity index (χ0) is 23.5. The van der Waals surface area contributed by atoms with Gasteiger partial charge in [0, 0.05) is 19.9 Å². The van der Waals surface area contributed by atoms with Crippen LogP contribution in [0.25, 0.3) is 0 Å². The topological polar surface area (TPSA) is 191 Å². The third-order valence-electron chi connectivity index (χ3n) is 5.67. The van der Waals surface area contributed by atoms with Gasteiger partial charge in [-0.2, -0.15) is 0 Å². The van der Waals surface area contributed by atoms with Gasteiger partial charge in [-0.25, -0.2) is 4.79 Å². The molecule has 2 saturated heterocycles. The van der Waals surface area contributed by atoms with Gasteiger partial charge in [0.05, 0.1) is 18.1 Å². The summed E-state index contributed by atoms with van der Waals surface area (Å²) in [6.07, 6.45) is 0.607. The first-order valence-electron chi connectivity index (χ1n) is 10.2. The fourth-order valence-electron chi connectivity index (χ4n) is 4.04. The van der Waals surface area contributed by atoms with E-state index in [2.05, 4.69) is 5.32 Å². The molecule has 31 heavy (non-hydrogen) atoms. The number of amides is 3. The highest BCUT2D eigenvalue weighted by molar-refractivity contribution is 6.06. The second-order valence-electron chi connectivity index (χ2n) is 8.10. The monoisotopic (exact) mass is 442 g/mol. The molecule has 0 aromatic heterocycles. The van der Waals surface area contributed by atoms with Crippen LogP contribution in [0.1, 0.15) is 46.0 Å². The number of carboxylic acids is 1. The van der Waals surface area contributed by atoms with E-state index in [4.69, 9.17) is 10.8 Å². The fourth-order valence-corrected chi connectivity index (χ4v) is 4.04. The lowest BCUT2D eigenvalue weighted by Gasteiger charge is -2.36. The first-order valence-corrected chi connectivity index (χ1v) is 10.2. The number of Topliss-reactive ketones (excluding diaryl/α,β-unsaturated/α-hetero) is 1. The number of imide groups is 1. The van der Waals surface area contributed by atoms with Crippen LogP contribution in [0, 0.1) is 0 Å². The van der Waals surface area contributed by atoms with Crippen molar-refractivity contribution in [1.82, 2.24) is 15.1 Å². The molecule has 12 nitrogen and oxygen atoms in total. The van der Waals surface area contributed by atoms with Crippen LogP contribution in [0.4, 0.5) is 0 Å². The molecule has 174 valence electrons. The van der Waals surface area contributed by atoms with Crippen molar-refractivity contribution in [3.05, 3.63) is 0 Å². The van der Waals surface area contributed by atoms with Gasteiger partial charge in [0.15, 0.2) is 5.78 Å². The third-order valence-corrected chi connectivity index (χ3v) is 5.67. The van der Waals surface area contributed by atoms with E-state index in [1.54, 1.807) is 0 Å². The van der Waals surface area contributed by atoms with Crippen molar-refractivity contribution in [3.8, 4) is 0 Å². The maximum absolute atomic E-state index is 13.4. The van der Waals surface area contributed by atoms with Crippen LogP contribution in [-0.2, 0) is 24.0 Å². The van der Waals surface area contributed by atoms with E-state index < -0.39 is 65.8 Å². The smallest absolute Gasteiger partial charge is 0.364 e. The molecular weight excluding hydrogens is 412 g/mol. The van der Waals surface area contributed by atoms with E-state index >= 15 is 0 Å². The van der Waals surface area contributed by atoms with Gasteiger partial charge in [-0.1, -0.05) is 0 Å². The summed E-state index contributed by atoms with van der Waals surface area (Å²) in [4.78, 5) is 64.6. The molecule has 0 aliphatic carbocycles. The predicted octanol–water partition coefficient (Wildman–Crippen LogP) is -2.45. The summed E-state index contributed by atoms with van der Waals surface area (Å²) < 4.78 is 0. The van der Waals surface area contributed by atoms with Gasteiger partial charge in [0.25, 0.3) is 5.79 Å². The summed E-state index contributed by atoms with van der Waals surface area (Å²) >= 11 is 0. The van der Waals surface area contributed by atoms with Gasteiger partial charge in [0.1, 0.15) is 6.04 Å². The van der Waals surface area contributed by atoms with Gasteiger partial charge >= 0.3 is 5.97 Å². The highest BCUT2D eigenvalue weighted by Gasteiger charge is 2.49. The third kappa shape index (κ3) is 5.45. The lowest BCUT2D eigenvalue weighted by Crippen LogP contribution is -2.62. The minimum atomic E-state index is -3.39. The molecule has 0 aromatic carbocycles. The summed E-state index contributed by atoms with van der Waals surface area (Å²) in [6, 6.07) is -4.88. The minimum Gasteiger partial charge on any atom is -0.477 e. The number of carbonyl (C=O) groups excluding carboxylic acids is 4. The summed E-state index contributed by atoms with van der Waals surface area (Å²) in [5.41, 5.74) is 5.68. The Hall–Kier alpha value is -2.41. The number of nitrogens with zero attached hydrogens (tertiary/aromatic N) is 2. The van der Waals surface area contributed by atoms with E-state index in [1.165, 1.54) is 18.7 Å². The van der Waals surface area contributed by atoms with Gasteiger partial charge in [-0.3, -0.25) is 24.1 Å². The molecule has 0 radical (unpaired) electrons. The van der Waals surface area contributed by atoms with E-state index in [1.807, 2.05) is 0 Å². The number of carboxylic acid groups (broad SMARTS) is 1. The predicted molar refractivity (Wildman–Crippen MR) is 105 cm³/mol. The van der Waals surface area contributed by atoms with Crippen LogP contribution in [0.2, 0.25) is 0 Å². The van der Waals surface area contributed by atoms with Crippen LogP contribution in [0.15, 0.2) is 0 Å². The summed E-state index contributed by atoms with van der Waals surface area (Å²) in [5.74, 6) is -8.40. The van der Waals surface area contributed by atoms with E-state index in [0.717, 1.165) is 0 Å². The highest BCUT2D eigenvalue weighted by atomic mass is 16.5. The van der Waals surface area contributed by atoms with Crippen molar-refractivity contribution in [3.63, 3.8) is 0 Å². The Morgan fingerprint density at radius 2 is 1.84 bits per heavy atom. The molecule has 2 aliphatic heterocycles. The van der Waals surface area contributed by atoms with E-state index in [9.17, 15) is 34.2 Å². The number of ketones is 1. The molecule has 4 atom stereocenters. The molecule has 2 fully saturated rings. The molecule has 3 amide bonds. The maximum atomic E-state index is 13.4. The second kappa shape index (κ2) is 9.81. The lowest BCUT2D eigenvalue weighted by molar-refractivity contribution is -0.210. The molecule has 2 aliphatic rings. The number of hydrogen-bond acceptors (Lipinski definition) is 9. The molecular formula is C19H30N4O8. The lowest BCUT2D eigenvalue weighted by atomic mass is 9.93. The second-order valence-corrected chi connectivity index (χ2v) is 8.10. The van der Waals surface area contributed by atoms with Crippen LogP contribution in [0.5, 0.6) is 0 Å². The maximum Gasteiger partial charge on any atom is 0.364 e. The van der Waals surface area contributed by atoms with E-state index in [-0.39, 0.29) is 13.0 Å². The standard InChI is InChI=1S/C19H30N4O8/c1-10(20)16(26)23(17(27)12-5-3-7-21-12)14(9-19(30,31)18(28)29)15(25)13-6-4-8-22(13)11(2)24/h10,12-14,21,30-31H,3-9,20H2,1-2H3,(H,28,29)/t10-,12+,13+,14?/m0/s1. The molecule has 6 N–H and O–H groups in total. The number of nitrogens with one attached hydrogen (secondary N) is 1. The van der Waals surface area contributed by atoms with Crippen molar-refractivity contribution in [2.75, 3.05) is 13.1 Å². The van der Waals surface area contributed by atoms with Crippen LogP contribution in [0.3, 0.4) is 0 Å². The summed E-state index contributed by atoms with van der Waals surface area (Å²) in [6.45, 7) is 3.35. The summed E-state index contributed by atoms with van der Waals surface area (Å²) in [7, 11) is 0. The number of rotatable bonds is 8. The van der Waals surface area contributed by atoms with Gasteiger partial charge in [-0.05, 0) is 39.2 Å². The highest BCUT2D eigenvalue weighted by Crippen LogP contribution is 2.26. The molecule has 0 bridgehead atoms. The Balaban J connectivity index is 2.51. The van der Waals surface area contributed by atoms with Crippen LogP contribution >= 0.6 is 0 Å². The van der Waals surface area contributed by atoms with Crippen LogP contribution < -0.4 is 11.1 Å². The van der Waals surface area contributed by atoms with Gasteiger partial charge in [0.2, 0.25) is 17.7 Å². The number of carbonyl (C=O) groups is 5. The fraction of sp³-hybridized carbons (Fsp3) is 0.737. The van der Waals surface area contributed by atoms with Crippen molar-refractivity contribution in [2.24, 2.45) is 5.73 Å². The Morgan fingerprint density at radius 1 is 1.19 bits per heavy atom. The molecule has 2 rings (SSSR count).